The lowest BCUT2D eigenvalue weighted by atomic mass is 10.0. The summed E-state index contributed by atoms with van der Waals surface area (Å²) in [7, 11) is 4.67. The number of hydrogen-bond acceptors (Lipinski definition) is 7. The van der Waals surface area contributed by atoms with Crippen molar-refractivity contribution in [2.75, 3.05) is 24.3 Å². The lowest BCUT2D eigenvalue weighted by Crippen LogP contribution is -2.27. The van der Waals surface area contributed by atoms with Crippen LogP contribution in [0.3, 0.4) is 0 Å². The standard InChI is InChI=1S/C16H21N6O2P/c1-3-16(25)6-10(7-23)24-14(16)22-8-18-11-12(21(2)9-4-5-9)19-15(17)20-13(11)22/h1,8-10,14,23H,4-7,25H2,2H3,(H2,17,19,20)/t10?,14?,16-/m1/s1. The Morgan fingerprint density at radius 1 is 1.56 bits per heavy atom. The molecule has 2 aromatic rings. The highest BCUT2D eigenvalue weighted by molar-refractivity contribution is 7.19. The summed E-state index contributed by atoms with van der Waals surface area (Å²) in [5, 5.41) is 8.82. The Kier molecular flexibility index (Phi) is 3.84. The van der Waals surface area contributed by atoms with Crippen LogP contribution in [0.5, 0.6) is 0 Å². The first-order chi connectivity index (χ1) is 12.0. The molecule has 0 radical (unpaired) electrons. The fourth-order valence-corrected chi connectivity index (χ4v) is 3.85. The van der Waals surface area contributed by atoms with Gasteiger partial charge < -0.3 is 20.5 Å². The Balaban J connectivity index is 1.82. The van der Waals surface area contributed by atoms with Crippen LogP contribution < -0.4 is 10.6 Å². The number of ether oxygens (including phenoxy) is 1. The second-order valence-electron chi connectivity index (χ2n) is 6.75. The maximum absolute atomic E-state index is 9.47. The van der Waals surface area contributed by atoms with Crippen molar-refractivity contribution in [2.24, 2.45) is 0 Å². The molecular weight excluding hydrogens is 339 g/mol. The van der Waals surface area contributed by atoms with Crippen LogP contribution in [0, 0.1) is 12.3 Å². The number of nitrogens with two attached hydrogens (primary N) is 1. The summed E-state index contributed by atoms with van der Waals surface area (Å²) in [6, 6.07) is 0.468. The summed E-state index contributed by atoms with van der Waals surface area (Å²) in [4.78, 5) is 15.4. The largest absolute Gasteiger partial charge is 0.394 e. The van der Waals surface area contributed by atoms with Gasteiger partial charge in [0.2, 0.25) is 5.95 Å². The van der Waals surface area contributed by atoms with Gasteiger partial charge in [0.1, 0.15) is 0 Å². The molecule has 0 spiro atoms. The maximum Gasteiger partial charge on any atom is 0.224 e. The molecular formula is C16H21N6O2P. The third-order valence-corrected chi connectivity index (χ3v) is 5.59. The molecule has 25 heavy (non-hydrogen) atoms. The molecule has 4 atom stereocenters. The molecule has 2 aromatic heterocycles. The summed E-state index contributed by atoms with van der Waals surface area (Å²) in [6.45, 7) is -0.0895. The molecule has 0 amide bonds. The number of hydrogen-bond donors (Lipinski definition) is 2. The average Bonchev–Trinajstić information content (AvgIpc) is 3.29. The van der Waals surface area contributed by atoms with Crippen molar-refractivity contribution in [1.82, 2.24) is 19.5 Å². The highest BCUT2D eigenvalue weighted by atomic mass is 31.0. The zero-order valence-corrected chi connectivity index (χ0v) is 15.1. The quantitative estimate of drug-likeness (QED) is 0.606. The first-order valence-electron chi connectivity index (χ1n) is 8.22. The number of rotatable bonds is 4. The lowest BCUT2D eigenvalue weighted by molar-refractivity contribution is -0.0233. The van der Waals surface area contributed by atoms with E-state index in [1.54, 1.807) is 10.9 Å². The number of fused-ring (bicyclic) bond motifs is 1. The van der Waals surface area contributed by atoms with E-state index in [9.17, 15) is 5.11 Å². The number of terminal acetylenes is 1. The van der Waals surface area contributed by atoms with Gasteiger partial charge in [-0.05, 0) is 12.8 Å². The van der Waals surface area contributed by atoms with Gasteiger partial charge in [0.15, 0.2) is 23.2 Å². The van der Waals surface area contributed by atoms with Crippen LogP contribution in [0.1, 0.15) is 25.5 Å². The second kappa shape index (κ2) is 5.80. The molecule has 3 unspecified atom stereocenters. The topological polar surface area (TPSA) is 102 Å². The number of imidazole rings is 1. The Morgan fingerprint density at radius 3 is 2.96 bits per heavy atom. The summed E-state index contributed by atoms with van der Waals surface area (Å²) < 4.78 is 7.76. The molecule has 132 valence electrons. The van der Waals surface area contributed by atoms with Gasteiger partial charge in [0, 0.05) is 19.5 Å². The third-order valence-electron chi connectivity index (χ3n) is 4.90. The van der Waals surface area contributed by atoms with Gasteiger partial charge in [-0.15, -0.1) is 15.7 Å². The summed E-state index contributed by atoms with van der Waals surface area (Å²) >= 11 is 0. The van der Waals surface area contributed by atoms with Crippen LogP contribution in [0.25, 0.3) is 11.2 Å². The molecule has 0 bridgehead atoms. The van der Waals surface area contributed by atoms with Crippen molar-refractivity contribution < 1.29 is 9.84 Å². The van der Waals surface area contributed by atoms with Gasteiger partial charge in [-0.1, -0.05) is 5.92 Å². The Labute approximate surface area is 148 Å². The normalized spacial score (nSPS) is 29.0. The molecule has 1 saturated heterocycles. The second-order valence-corrected chi connectivity index (χ2v) is 7.78. The number of aliphatic hydroxyl groups excluding tert-OH is 1. The van der Waals surface area contributed by atoms with E-state index in [0.717, 1.165) is 18.7 Å². The van der Waals surface area contributed by atoms with Gasteiger partial charge in [0.05, 0.1) is 24.2 Å². The van der Waals surface area contributed by atoms with E-state index in [1.165, 1.54) is 0 Å². The van der Waals surface area contributed by atoms with Crippen LogP contribution in [0.4, 0.5) is 11.8 Å². The molecule has 2 fully saturated rings. The van der Waals surface area contributed by atoms with Crippen LogP contribution >= 0.6 is 9.24 Å². The summed E-state index contributed by atoms with van der Waals surface area (Å²) in [6.07, 6.45) is 9.38. The van der Waals surface area contributed by atoms with Crippen molar-refractivity contribution in [3.05, 3.63) is 6.33 Å². The van der Waals surface area contributed by atoms with Gasteiger partial charge in [-0.3, -0.25) is 4.57 Å². The molecule has 2 aliphatic rings. The Morgan fingerprint density at radius 2 is 2.32 bits per heavy atom. The highest BCUT2D eigenvalue weighted by Crippen LogP contribution is 2.45. The Hall–Kier alpha value is -1.94. The van der Waals surface area contributed by atoms with Crippen LogP contribution in [0.2, 0.25) is 0 Å². The zero-order chi connectivity index (χ0) is 17.8. The third kappa shape index (κ3) is 2.63. The Bertz CT molecular complexity index is 860. The van der Waals surface area contributed by atoms with Crippen LogP contribution in [0.15, 0.2) is 6.33 Å². The predicted molar refractivity (Wildman–Crippen MR) is 98.0 cm³/mol. The zero-order valence-electron chi connectivity index (χ0n) is 14.0. The average molecular weight is 360 g/mol. The van der Waals surface area contributed by atoms with E-state index < -0.39 is 11.4 Å². The number of nitrogens with zero attached hydrogens (tertiary/aromatic N) is 5. The lowest BCUT2D eigenvalue weighted by Gasteiger charge is -2.25. The van der Waals surface area contributed by atoms with Gasteiger partial charge in [-0.25, -0.2) is 4.98 Å². The monoisotopic (exact) mass is 360 g/mol. The van der Waals surface area contributed by atoms with Gasteiger partial charge in [-0.2, -0.15) is 9.97 Å². The van der Waals surface area contributed by atoms with Crippen molar-refractivity contribution in [3.8, 4) is 12.3 Å². The fourth-order valence-electron chi connectivity index (χ4n) is 3.35. The van der Waals surface area contributed by atoms with Crippen molar-refractivity contribution in [3.63, 3.8) is 0 Å². The summed E-state index contributed by atoms with van der Waals surface area (Å²) in [5.41, 5.74) is 7.20. The highest BCUT2D eigenvalue weighted by Gasteiger charge is 2.46. The molecule has 3 heterocycles. The van der Waals surface area contributed by atoms with E-state index in [4.69, 9.17) is 16.9 Å². The summed E-state index contributed by atoms with van der Waals surface area (Å²) in [5.74, 6) is 3.68. The van der Waals surface area contributed by atoms with E-state index in [1.807, 2.05) is 7.05 Å². The van der Waals surface area contributed by atoms with Crippen molar-refractivity contribution in [1.29, 1.82) is 0 Å². The number of nitrogen functional groups attached to an aromatic ring is 1. The fraction of sp³-hybridized carbons (Fsp3) is 0.562. The van der Waals surface area contributed by atoms with E-state index in [2.05, 4.69) is 35.0 Å². The molecule has 3 N–H and O–H groups in total. The number of aliphatic hydroxyl groups is 1. The van der Waals surface area contributed by atoms with Crippen molar-refractivity contribution in [2.45, 2.75) is 42.8 Å². The minimum absolute atomic E-state index is 0.0895. The molecule has 1 saturated carbocycles. The molecule has 4 rings (SSSR count). The number of aromatic nitrogens is 4. The predicted octanol–water partition coefficient (Wildman–Crippen LogP) is 0.534. The van der Waals surface area contributed by atoms with Gasteiger partial charge >= 0.3 is 0 Å². The molecule has 1 aliphatic heterocycles. The molecule has 8 nitrogen and oxygen atoms in total. The molecule has 1 aliphatic carbocycles. The van der Waals surface area contributed by atoms with Crippen LogP contribution in [-0.2, 0) is 4.74 Å². The first-order valence-corrected chi connectivity index (χ1v) is 8.80. The SMILES string of the molecule is C#C[C@@]1(P)CC(CO)OC1n1cnc2c(N(C)C3CC3)nc(N)nc21. The number of anilines is 2. The molecule has 0 aromatic carbocycles. The minimum Gasteiger partial charge on any atom is -0.394 e. The van der Waals surface area contributed by atoms with E-state index >= 15 is 0 Å². The maximum atomic E-state index is 9.47. The van der Waals surface area contributed by atoms with E-state index in [0.29, 0.717) is 23.6 Å². The first kappa shape index (κ1) is 16.5. The molecule has 9 heteroatoms. The van der Waals surface area contributed by atoms with Crippen molar-refractivity contribution >= 4 is 32.2 Å². The minimum atomic E-state index is -0.650. The van der Waals surface area contributed by atoms with E-state index in [-0.39, 0.29) is 18.7 Å². The van der Waals surface area contributed by atoms with Crippen LogP contribution in [-0.4, -0.2) is 55.6 Å². The smallest absolute Gasteiger partial charge is 0.224 e. The van der Waals surface area contributed by atoms with Gasteiger partial charge in [0.25, 0.3) is 0 Å².